The molecule has 0 aliphatic rings. The van der Waals surface area contributed by atoms with Crippen LogP contribution >= 0.6 is 0 Å². The lowest BCUT2D eigenvalue weighted by molar-refractivity contribution is 0.0993. The molecule has 0 radical (unpaired) electrons. The van der Waals surface area contributed by atoms with E-state index in [1.165, 1.54) is 11.4 Å². The minimum absolute atomic E-state index is 0.161. The predicted octanol–water partition coefficient (Wildman–Crippen LogP) is 4.41. The number of amides is 1. The van der Waals surface area contributed by atoms with Gasteiger partial charge in [-0.25, -0.2) is 8.42 Å². The highest BCUT2D eigenvalue weighted by molar-refractivity contribution is 7.92. The zero-order valence-electron chi connectivity index (χ0n) is 17.0. The molecule has 150 valence electrons. The molecule has 0 aromatic heterocycles. The van der Waals surface area contributed by atoms with Crippen LogP contribution in [-0.4, -0.2) is 28.4 Å². The van der Waals surface area contributed by atoms with Gasteiger partial charge < -0.3 is 4.90 Å². The van der Waals surface area contributed by atoms with Crippen LogP contribution in [-0.2, 0) is 10.0 Å². The molecule has 0 N–H and O–H groups in total. The van der Waals surface area contributed by atoms with E-state index >= 15 is 0 Å². The number of hydrogen-bond donors (Lipinski definition) is 0. The highest BCUT2D eigenvalue weighted by Gasteiger charge is 2.22. The number of anilines is 2. The molecule has 0 saturated carbocycles. The lowest BCUT2D eigenvalue weighted by Crippen LogP contribution is -2.27. The van der Waals surface area contributed by atoms with Crippen LogP contribution in [0.3, 0.4) is 0 Å². The predicted molar refractivity (Wildman–Crippen MR) is 117 cm³/mol. The number of carbonyl (C=O) groups is 1. The Morgan fingerprint density at radius 1 is 0.759 bits per heavy atom. The molecule has 0 heterocycles. The molecule has 0 aliphatic carbocycles. The smallest absolute Gasteiger partial charge is 0.264 e. The average molecular weight is 409 g/mol. The van der Waals surface area contributed by atoms with Gasteiger partial charge in [0.05, 0.1) is 10.6 Å². The Kier molecular flexibility index (Phi) is 5.75. The van der Waals surface area contributed by atoms with Gasteiger partial charge in [0.1, 0.15) is 0 Å². The Labute approximate surface area is 172 Å². The van der Waals surface area contributed by atoms with Crippen LogP contribution in [0.2, 0.25) is 0 Å². The lowest BCUT2D eigenvalue weighted by Gasteiger charge is -2.21. The number of hydrogen-bond acceptors (Lipinski definition) is 3. The summed E-state index contributed by atoms with van der Waals surface area (Å²) in [5.74, 6) is -0.161. The van der Waals surface area contributed by atoms with Crippen LogP contribution in [0.1, 0.15) is 21.5 Å². The summed E-state index contributed by atoms with van der Waals surface area (Å²) in [5, 5.41) is 0. The van der Waals surface area contributed by atoms with Crippen molar-refractivity contribution < 1.29 is 13.2 Å². The number of aryl methyl sites for hydroxylation is 2. The molecule has 6 heteroatoms. The van der Waals surface area contributed by atoms with Gasteiger partial charge in [-0.1, -0.05) is 29.8 Å². The normalized spacial score (nSPS) is 11.2. The number of nitrogens with zero attached hydrogens (tertiary/aromatic N) is 2. The minimum Gasteiger partial charge on any atom is -0.311 e. The fourth-order valence-electron chi connectivity index (χ4n) is 2.97. The number of benzene rings is 3. The maximum absolute atomic E-state index is 12.8. The topological polar surface area (TPSA) is 57.7 Å². The Morgan fingerprint density at radius 2 is 1.38 bits per heavy atom. The van der Waals surface area contributed by atoms with Gasteiger partial charge in [-0.2, -0.15) is 0 Å². The molecule has 1 amide bonds. The van der Waals surface area contributed by atoms with E-state index in [9.17, 15) is 13.2 Å². The van der Waals surface area contributed by atoms with Crippen molar-refractivity contribution in [2.24, 2.45) is 0 Å². The monoisotopic (exact) mass is 408 g/mol. The molecule has 0 fully saturated rings. The van der Waals surface area contributed by atoms with Crippen molar-refractivity contribution in [3.63, 3.8) is 0 Å². The van der Waals surface area contributed by atoms with Crippen LogP contribution in [0.4, 0.5) is 11.4 Å². The van der Waals surface area contributed by atoms with Crippen LogP contribution in [0.15, 0.2) is 77.7 Å². The largest absolute Gasteiger partial charge is 0.311 e. The third-order valence-corrected chi connectivity index (χ3v) is 6.65. The molecule has 3 rings (SSSR count). The highest BCUT2D eigenvalue weighted by atomic mass is 32.2. The van der Waals surface area contributed by atoms with Crippen molar-refractivity contribution in [3.05, 3.63) is 89.5 Å². The van der Waals surface area contributed by atoms with Crippen LogP contribution in [0, 0.1) is 13.8 Å². The average Bonchev–Trinajstić information content (AvgIpc) is 2.72. The molecule has 0 unspecified atom stereocenters. The van der Waals surface area contributed by atoms with Crippen LogP contribution < -0.4 is 9.21 Å². The summed E-state index contributed by atoms with van der Waals surface area (Å²) in [7, 11) is -0.442. The van der Waals surface area contributed by atoms with Crippen molar-refractivity contribution in [2.45, 2.75) is 18.7 Å². The van der Waals surface area contributed by atoms with E-state index in [0.717, 1.165) is 16.8 Å². The molecule has 3 aromatic carbocycles. The Hall–Kier alpha value is -3.12. The third-order valence-electron chi connectivity index (χ3n) is 4.85. The summed E-state index contributed by atoms with van der Waals surface area (Å²) in [6.45, 7) is 3.88. The first-order chi connectivity index (χ1) is 13.7. The highest BCUT2D eigenvalue weighted by Crippen LogP contribution is 2.24. The minimum atomic E-state index is -3.67. The molecular weight excluding hydrogens is 384 g/mol. The van der Waals surface area contributed by atoms with Crippen molar-refractivity contribution >= 4 is 27.3 Å². The Balaban J connectivity index is 1.82. The molecule has 0 spiro atoms. The Bertz CT molecular complexity index is 1120. The number of rotatable bonds is 5. The van der Waals surface area contributed by atoms with E-state index in [1.807, 2.05) is 38.1 Å². The van der Waals surface area contributed by atoms with Gasteiger partial charge in [0.25, 0.3) is 15.9 Å². The van der Waals surface area contributed by atoms with E-state index < -0.39 is 10.0 Å². The zero-order valence-corrected chi connectivity index (χ0v) is 17.8. The first kappa shape index (κ1) is 20.6. The number of carbonyl (C=O) groups excluding carboxylic acids is 1. The molecular formula is C23H24N2O3S. The second-order valence-electron chi connectivity index (χ2n) is 7.04. The second kappa shape index (κ2) is 8.09. The number of sulfonamides is 1. The van der Waals surface area contributed by atoms with Crippen LogP contribution in [0.25, 0.3) is 0 Å². The Morgan fingerprint density at radius 3 is 1.97 bits per heavy atom. The van der Waals surface area contributed by atoms with Crippen molar-refractivity contribution in [2.75, 3.05) is 23.3 Å². The van der Waals surface area contributed by atoms with Gasteiger partial charge in [0.15, 0.2) is 0 Å². The molecule has 29 heavy (non-hydrogen) atoms. The first-order valence-electron chi connectivity index (χ1n) is 9.20. The summed E-state index contributed by atoms with van der Waals surface area (Å²) in [5.41, 5.74) is 3.84. The quantitative estimate of drug-likeness (QED) is 0.629. The molecule has 0 saturated heterocycles. The van der Waals surface area contributed by atoms with E-state index in [0.29, 0.717) is 11.3 Å². The van der Waals surface area contributed by atoms with E-state index in [4.69, 9.17) is 0 Å². The second-order valence-corrected chi connectivity index (χ2v) is 9.00. The summed E-state index contributed by atoms with van der Waals surface area (Å²) in [6.07, 6.45) is 0. The summed E-state index contributed by atoms with van der Waals surface area (Å²) in [4.78, 5) is 14.6. The van der Waals surface area contributed by atoms with Gasteiger partial charge in [-0.3, -0.25) is 9.10 Å². The SMILES string of the molecule is Cc1ccc(S(=O)(=O)N(C)c2ccc(C(=O)N(C)c3cccc(C)c3)cc2)cc1. The first-order valence-corrected chi connectivity index (χ1v) is 10.6. The van der Waals surface area contributed by atoms with Gasteiger partial charge >= 0.3 is 0 Å². The summed E-state index contributed by atoms with van der Waals surface area (Å²) in [6, 6.07) is 21.0. The molecule has 0 bridgehead atoms. The standard InChI is InChI=1S/C23H24N2O3S/c1-17-8-14-22(15-9-17)29(27,28)25(4)20-12-10-19(11-13-20)23(26)24(3)21-7-5-6-18(2)16-21/h5-16H,1-4H3. The fraction of sp³-hybridized carbons (Fsp3) is 0.174. The maximum atomic E-state index is 12.8. The molecule has 3 aromatic rings. The fourth-order valence-corrected chi connectivity index (χ4v) is 4.16. The van der Waals surface area contributed by atoms with Gasteiger partial charge in [0, 0.05) is 25.3 Å². The molecule has 5 nitrogen and oxygen atoms in total. The van der Waals surface area contributed by atoms with Gasteiger partial charge in [0.2, 0.25) is 0 Å². The molecule has 0 atom stereocenters. The van der Waals surface area contributed by atoms with Crippen molar-refractivity contribution in [3.8, 4) is 0 Å². The van der Waals surface area contributed by atoms with Crippen molar-refractivity contribution in [1.29, 1.82) is 0 Å². The van der Waals surface area contributed by atoms with Gasteiger partial charge in [-0.05, 0) is 67.9 Å². The molecule has 0 aliphatic heterocycles. The van der Waals surface area contributed by atoms with Crippen molar-refractivity contribution in [1.82, 2.24) is 0 Å². The summed E-state index contributed by atoms with van der Waals surface area (Å²) < 4.78 is 26.9. The summed E-state index contributed by atoms with van der Waals surface area (Å²) >= 11 is 0. The van der Waals surface area contributed by atoms with E-state index in [1.54, 1.807) is 60.5 Å². The van der Waals surface area contributed by atoms with E-state index in [2.05, 4.69) is 0 Å². The van der Waals surface area contributed by atoms with E-state index in [-0.39, 0.29) is 10.8 Å². The third kappa shape index (κ3) is 4.32. The van der Waals surface area contributed by atoms with Gasteiger partial charge in [-0.15, -0.1) is 0 Å². The lowest BCUT2D eigenvalue weighted by atomic mass is 10.1. The van der Waals surface area contributed by atoms with Crippen LogP contribution in [0.5, 0.6) is 0 Å². The zero-order chi connectivity index (χ0) is 21.2. The maximum Gasteiger partial charge on any atom is 0.264 e.